The molecule has 3 heteroatoms. The predicted octanol–water partition coefficient (Wildman–Crippen LogP) is 2.25. The Hall–Kier alpha value is -1.35. The summed E-state index contributed by atoms with van der Waals surface area (Å²) >= 11 is 0. The highest BCUT2D eigenvalue weighted by Crippen LogP contribution is 2.04. The Labute approximate surface area is 110 Å². The molecule has 1 amide bonds. The van der Waals surface area contributed by atoms with Crippen molar-refractivity contribution in [1.29, 1.82) is 0 Å². The van der Waals surface area contributed by atoms with Crippen molar-refractivity contribution < 1.29 is 4.79 Å². The maximum Gasteiger partial charge on any atom is 0.237 e. The van der Waals surface area contributed by atoms with Crippen molar-refractivity contribution in [3.8, 4) is 0 Å². The van der Waals surface area contributed by atoms with Gasteiger partial charge in [0.1, 0.15) is 0 Å². The average Bonchev–Trinajstić information content (AvgIpc) is 2.37. The van der Waals surface area contributed by atoms with E-state index in [1.54, 1.807) is 0 Å². The minimum atomic E-state index is -0.412. The third kappa shape index (κ3) is 5.32. The zero-order chi connectivity index (χ0) is 13.4. The number of aryl methyl sites for hydroxylation is 1. The van der Waals surface area contributed by atoms with E-state index in [-0.39, 0.29) is 11.9 Å². The molecule has 0 aromatic heterocycles. The number of hydrogen-bond donors (Lipinski definition) is 2. The van der Waals surface area contributed by atoms with Crippen LogP contribution in [-0.4, -0.2) is 18.0 Å². The molecule has 0 spiro atoms. The topological polar surface area (TPSA) is 55.1 Å². The van der Waals surface area contributed by atoms with Crippen LogP contribution in [0.2, 0.25) is 0 Å². The number of rotatable bonds is 7. The van der Waals surface area contributed by atoms with Crippen LogP contribution in [0.15, 0.2) is 30.3 Å². The van der Waals surface area contributed by atoms with Crippen molar-refractivity contribution in [2.45, 2.75) is 51.6 Å². The van der Waals surface area contributed by atoms with Crippen LogP contribution in [-0.2, 0) is 11.2 Å². The fourth-order valence-corrected chi connectivity index (χ4v) is 1.95. The Kier molecular flexibility index (Phi) is 6.44. The van der Waals surface area contributed by atoms with Crippen LogP contribution in [0, 0.1) is 0 Å². The van der Waals surface area contributed by atoms with Gasteiger partial charge in [0.15, 0.2) is 0 Å². The van der Waals surface area contributed by atoms with Crippen molar-refractivity contribution in [2.75, 3.05) is 0 Å². The summed E-state index contributed by atoms with van der Waals surface area (Å²) in [5.41, 5.74) is 7.12. The SMILES string of the molecule is CCCC(C)NC(=O)[C@@H](N)CCc1ccccc1. The second kappa shape index (κ2) is 7.88. The van der Waals surface area contributed by atoms with Crippen molar-refractivity contribution in [1.82, 2.24) is 5.32 Å². The lowest BCUT2D eigenvalue weighted by Crippen LogP contribution is -2.44. The monoisotopic (exact) mass is 248 g/mol. The Morgan fingerprint density at radius 2 is 1.94 bits per heavy atom. The number of nitrogens with one attached hydrogen (secondary N) is 1. The average molecular weight is 248 g/mol. The first-order chi connectivity index (χ1) is 8.63. The van der Waals surface area contributed by atoms with Crippen molar-refractivity contribution in [3.63, 3.8) is 0 Å². The van der Waals surface area contributed by atoms with Gasteiger partial charge in [-0.15, -0.1) is 0 Å². The van der Waals surface area contributed by atoms with Gasteiger partial charge in [-0.25, -0.2) is 0 Å². The van der Waals surface area contributed by atoms with Crippen LogP contribution in [0.25, 0.3) is 0 Å². The molecule has 0 aliphatic rings. The van der Waals surface area contributed by atoms with E-state index in [4.69, 9.17) is 5.73 Å². The first kappa shape index (κ1) is 14.7. The molecule has 1 unspecified atom stereocenters. The molecule has 0 radical (unpaired) electrons. The van der Waals surface area contributed by atoms with Gasteiger partial charge >= 0.3 is 0 Å². The summed E-state index contributed by atoms with van der Waals surface area (Å²) in [5, 5.41) is 2.95. The number of carbonyl (C=O) groups excluding carboxylic acids is 1. The van der Waals surface area contributed by atoms with Gasteiger partial charge in [-0.3, -0.25) is 4.79 Å². The maximum atomic E-state index is 11.8. The quantitative estimate of drug-likeness (QED) is 0.777. The van der Waals surface area contributed by atoms with E-state index < -0.39 is 6.04 Å². The Bertz CT molecular complexity index is 351. The summed E-state index contributed by atoms with van der Waals surface area (Å²) < 4.78 is 0. The molecule has 1 rings (SSSR count). The summed E-state index contributed by atoms with van der Waals surface area (Å²) in [7, 11) is 0. The highest BCUT2D eigenvalue weighted by Gasteiger charge is 2.15. The zero-order valence-electron chi connectivity index (χ0n) is 11.4. The molecule has 1 aromatic rings. The van der Waals surface area contributed by atoms with Crippen LogP contribution in [0.3, 0.4) is 0 Å². The van der Waals surface area contributed by atoms with Gasteiger partial charge in [-0.1, -0.05) is 43.7 Å². The Morgan fingerprint density at radius 1 is 1.28 bits per heavy atom. The molecule has 3 N–H and O–H groups in total. The molecule has 3 nitrogen and oxygen atoms in total. The molecule has 0 aliphatic carbocycles. The lowest BCUT2D eigenvalue weighted by molar-refractivity contribution is -0.123. The summed E-state index contributed by atoms with van der Waals surface area (Å²) in [6, 6.07) is 9.92. The van der Waals surface area contributed by atoms with E-state index in [2.05, 4.69) is 24.4 Å². The van der Waals surface area contributed by atoms with E-state index in [9.17, 15) is 4.79 Å². The first-order valence-electron chi connectivity index (χ1n) is 6.73. The van der Waals surface area contributed by atoms with Crippen LogP contribution in [0.1, 0.15) is 38.7 Å². The van der Waals surface area contributed by atoms with E-state index >= 15 is 0 Å². The van der Waals surface area contributed by atoms with E-state index in [0.29, 0.717) is 6.42 Å². The van der Waals surface area contributed by atoms with Gasteiger partial charge in [-0.2, -0.15) is 0 Å². The third-order valence-electron chi connectivity index (χ3n) is 3.03. The van der Waals surface area contributed by atoms with Gasteiger partial charge in [0, 0.05) is 6.04 Å². The number of nitrogens with two attached hydrogens (primary N) is 1. The molecule has 18 heavy (non-hydrogen) atoms. The molecule has 0 fully saturated rings. The largest absolute Gasteiger partial charge is 0.352 e. The highest BCUT2D eigenvalue weighted by atomic mass is 16.2. The molecule has 0 saturated carbocycles. The molecule has 0 heterocycles. The normalized spacial score (nSPS) is 13.9. The summed E-state index contributed by atoms with van der Waals surface area (Å²) in [6.07, 6.45) is 3.60. The highest BCUT2D eigenvalue weighted by molar-refractivity contribution is 5.81. The number of benzene rings is 1. The fraction of sp³-hybridized carbons (Fsp3) is 0.533. The van der Waals surface area contributed by atoms with Crippen LogP contribution >= 0.6 is 0 Å². The molecular formula is C15H24N2O. The van der Waals surface area contributed by atoms with Crippen molar-refractivity contribution in [3.05, 3.63) is 35.9 Å². The van der Waals surface area contributed by atoms with E-state index in [0.717, 1.165) is 19.3 Å². The molecule has 2 atom stereocenters. The fourth-order valence-electron chi connectivity index (χ4n) is 1.95. The molecule has 0 aliphatic heterocycles. The Morgan fingerprint density at radius 3 is 2.56 bits per heavy atom. The van der Waals surface area contributed by atoms with Crippen molar-refractivity contribution in [2.24, 2.45) is 5.73 Å². The second-order valence-corrected chi connectivity index (χ2v) is 4.83. The maximum absolute atomic E-state index is 11.8. The lowest BCUT2D eigenvalue weighted by Gasteiger charge is -2.17. The number of carbonyl (C=O) groups is 1. The van der Waals surface area contributed by atoms with Crippen LogP contribution in [0.4, 0.5) is 0 Å². The smallest absolute Gasteiger partial charge is 0.237 e. The van der Waals surface area contributed by atoms with Gasteiger partial charge < -0.3 is 11.1 Å². The minimum absolute atomic E-state index is 0.0353. The summed E-state index contributed by atoms with van der Waals surface area (Å²) in [5.74, 6) is -0.0353. The van der Waals surface area contributed by atoms with Gasteiger partial charge in [0.2, 0.25) is 5.91 Å². The molecular weight excluding hydrogens is 224 g/mol. The molecule has 1 aromatic carbocycles. The lowest BCUT2D eigenvalue weighted by atomic mass is 10.0. The van der Waals surface area contributed by atoms with E-state index in [1.165, 1.54) is 5.56 Å². The van der Waals surface area contributed by atoms with Crippen LogP contribution < -0.4 is 11.1 Å². The van der Waals surface area contributed by atoms with Gasteiger partial charge in [0.25, 0.3) is 0 Å². The first-order valence-corrected chi connectivity index (χ1v) is 6.73. The standard InChI is InChI=1S/C15H24N2O/c1-3-7-12(2)17-15(18)14(16)11-10-13-8-5-4-6-9-13/h4-6,8-9,12,14H,3,7,10-11,16H2,1-2H3,(H,17,18)/t12?,14-/m0/s1. The minimum Gasteiger partial charge on any atom is -0.352 e. The van der Waals surface area contributed by atoms with Crippen LogP contribution in [0.5, 0.6) is 0 Å². The third-order valence-corrected chi connectivity index (χ3v) is 3.03. The molecule has 100 valence electrons. The summed E-state index contributed by atoms with van der Waals surface area (Å²) in [4.78, 5) is 11.8. The van der Waals surface area contributed by atoms with Gasteiger partial charge in [0.05, 0.1) is 6.04 Å². The predicted molar refractivity (Wildman–Crippen MR) is 75.3 cm³/mol. The van der Waals surface area contributed by atoms with Gasteiger partial charge in [-0.05, 0) is 31.7 Å². The Balaban J connectivity index is 2.32. The number of hydrogen-bond acceptors (Lipinski definition) is 2. The summed E-state index contributed by atoms with van der Waals surface area (Å²) in [6.45, 7) is 4.13. The second-order valence-electron chi connectivity index (χ2n) is 4.83. The van der Waals surface area contributed by atoms with E-state index in [1.807, 2.05) is 25.1 Å². The van der Waals surface area contributed by atoms with Crippen molar-refractivity contribution >= 4 is 5.91 Å². The molecule has 0 saturated heterocycles. The molecule has 0 bridgehead atoms. The zero-order valence-corrected chi connectivity index (χ0v) is 11.4. The number of amides is 1.